The van der Waals surface area contributed by atoms with Crippen LogP contribution in [0, 0.1) is 0 Å². The Labute approximate surface area is 137 Å². The number of ether oxygens (including phenoxy) is 5. The zero-order chi connectivity index (χ0) is 16.2. The average Bonchev–Trinajstić information content (AvgIpc) is 2.60. The summed E-state index contributed by atoms with van der Waals surface area (Å²) in [5, 5.41) is 8.54. The average molecular weight is 326 g/mol. The van der Waals surface area contributed by atoms with E-state index in [9.17, 15) is 0 Å². The van der Waals surface area contributed by atoms with Crippen molar-refractivity contribution in [1.82, 2.24) is 0 Å². The normalized spacial score (nSPS) is 17.9. The van der Waals surface area contributed by atoms with E-state index in [1.165, 1.54) is 0 Å². The first-order chi connectivity index (χ1) is 11.4. The highest BCUT2D eigenvalue weighted by Gasteiger charge is 2.14. The van der Waals surface area contributed by atoms with Gasteiger partial charge in [0.15, 0.2) is 6.29 Å². The molecule has 6 nitrogen and oxygen atoms in total. The predicted octanol–water partition coefficient (Wildman–Crippen LogP) is 2.00. The minimum Gasteiger partial charge on any atom is -0.491 e. The first-order valence-corrected chi connectivity index (χ1v) is 8.16. The maximum Gasteiger partial charge on any atom is 0.199 e. The molecule has 1 atom stereocenters. The van der Waals surface area contributed by atoms with Crippen molar-refractivity contribution < 1.29 is 28.8 Å². The van der Waals surface area contributed by atoms with Gasteiger partial charge in [0.25, 0.3) is 0 Å². The molecule has 2 rings (SSSR count). The lowest BCUT2D eigenvalue weighted by molar-refractivity contribution is -0.105. The SMILES string of the molecule is OCCOCCOCCOc1ccc(OC2CCCCO2)cc1. The molecule has 23 heavy (non-hydrogen) atoms. The van der Waals surface area contributed by atoms with Crippen LogP contribution in [0.5, 0.6) is 11.5 Å². The highest BCUT2D eigenvalue weighted by molar-refractivity contribution is 5.31. The molecule has 6 heteroatoms. The Hall–Kier alpha value is -1.34. The molecule has 1 aliphatic rings. The van der Waals surface area contributed by atoms with Crippen molar-refractivity contribution in [2.24, 2.45) is 0 Å². The highest BCUT2D eigenvalue weighted by Crippen LogP contribution is 2.21. The molecule has 0 spiro atoms. The van der Waals surface area contributed by atoms with Crippen LogP contribution in [0.2, 0.25) is 0 Å². The van der Waals surface area contributed by atoms with Gasteiger partial charge in [0, 0.05) is 6.42 Å². The van der Waals surface area contributed by atoms with E-state index in [1.54, 1.807) is 0 Å². The van der Waals surface area contributed by atoms with Gasteiger partial charge in [0.1, 0.15) is 18.1 Å². The fourth-order valence-corrected chi connectivity index (χ4v) is 2.18. The van der Waals surface area contributed by atoms with E-state index in [2.05, 4.69) is 0 Å². The Morgan fingerprint density at radius 1 is 0.913 bits per heavy atom. The summed E-state index contributed by atoms with van der Waals surface area (Å²) in [6.07, 6.45) is 3.08. The van der Waals surface area contributed by atoms with E-state index in [1.807, 2.05) is 24.3 Å². The quantitative estimate of drug-likeness (QED) is 0.627. The van der Waals surface area contributed by atoms with Crippen LogP contribution in [0.1, 0.15) is 19.3 Å². The molecule has 1 saturated heterocycles. The molecule has 1 aliphatic heterocycles. The third-order valence-corrected chi connectivity index (χ3v) is 3.33. The summed E-state index contributed by atoms with van der Waals surface area (Å²) in [7, 11) is 0. The number of aliphatic hydroxyl groups is 1. The monoisotopic (exact) mass is 326 g/mol. The van der Waals surface area contributed by atoms with E-state index >= 15 is 0 Å². The summed E-state index contributed by atoms with van der Waals surface area (Å²) < 4.78 is 27.3. The van der Waals surface area contributed by atoms with Gasteiger partial charge in [-0.25, -0.2) is 0 Å². The van der Waals surface area contributed by atoms with E-state index in [4.69, 9.17) is 28.8 Å². The smallest absolute Gasteiger partial charge is 0.199 e. The van der Waals surface area contributed by atoms with Crippen LogP contribution < -0.4 is 9.47 Å². The minimum absolute atomic E-state index is 0.0374. The van der Waals surface area contributed by atoms with Gasteiger partial charge in [-0.1, -0.05) is 0 Å². The molecule has 1 heterocycles. The number of hydrogen-bond acceptors (Lipinski definition) is 6. The van der Waals surface area contributed by atoms with Gasteiger partial charge in [-0.15, -0.1) is 0 Å². The molecule has 0 aliphatic carbocycles. The van der Waals surface area contributed by atoms with Crippen LogP contribution in [0.4, 0.5) is 0 Å². The standard InChI is InChI=1S/C17H26O6/c18-8-10-19-11-12-20-13-14-21-15-4-6-16(7-5-15)23-17-3-1-2-9-22-17/h4-7,17-18H,1-3,8-14H2. The van der Waals surface area contributed by atoms with Gasteiger partial charge in [0.2, 0.25) is 0 Å². The van der Waals surface area contributed by atoms with Crippen LogP contribution in [-0.2, 0) is 14.2 Å². The zero-order valence-electron chi connectivity index (χ0n) is 13.4. The molecule has 1 N–H and O–H groups in total. The summed E-state index contributed by atoms with van der Waals surface area (Å²) in [4.78, 5) is 0. The lowest BCUT2D eigenvalue weighted by Gasteiger charge is -2.23. The van der Waals surface area contributed by atoms with Gasteiger partial charge >= 0.3 is 0 Å². The highest BCUT2D eigenvalue weighted by atomic mass is 16.7. The second kappa shape index (κ2) is 11.2. The van der Waals surface area contributed by atoms with Crippen molar-refractivity contribution in [2.75, 3.05) is 46.2 Å². The number of rotatable bonds is 11. The van der Waals surface area contributed by atoms with Crippen LogP contribution in [-0.4, -0.2) is 57.6 Å². The minimum atomic E-state index is -0.128. The lowest BCUT2D eigenvalue weighted by Crippen LogP contribution is -2.24. The fraction of sp³-hybridized carbons (Fsp3) is 0.647. The van der Waals surface area contributed by atoms with Crippen molar-refractivity contribution in [2.45, 2.75) is 25.6 Å². The van der Waals surface area contributed by atoms with Crippen molar-refractivity contribution in [3.63, 3.8) is 0 Å². The number of benzene rings is 1. The summed E-state index contributed by atoms with van der Waals surface area (Å²) in [5.41, 5.74) is 0. The second-order valence-electron chi connectivity index (χ2n) is 5.18. The maximum absolute atomic E-state index is 8.54. The third-order valence-electron chi connectivity index (χ3n) is 3.33. The Morgan fingerprint density at radius 3 is 2.30 bits per heavy atom. The summed E-state index contributed by atoms with van der Waals surface area (Å²) >= 11 is 0. The third kappa shape index (κ3) is 7.65. The Morgan fingerprint density at radius 2 is 1.61 bits per heavy atom. The van der Waals surface area contributed by atoms with E-state index in [0.29, 0.717) is 33.0 Å². The summed E-state index contributed by atoms with van der Waals surface area (Å²) in [6.45, 7) is 3.11. The molecular weight excluding hydrogens is 300 g/mol. The topological polar surface area (TPSA) is 66.4 Å². The Bertz CT molecular complexity index is 402. The van der Waals surface area contributed by atoms with Gasteiger partial charge in [-0.2, -0.15) is 0 Å². The molecule has 1 aromatic rings. The van der Waals surface area contributed by atoms with E-state index in [0.717, 1.165) is 37.4 Å². The first kappa shape index (κ1) is 18.0. The van der Waals surface area contributed by atoms with Crippen molar-refractivity contribution >= 4 is 0 Å². The van der Waals surface area contributed by atoms with Crippen LogP contribution in [0.3, 0.4) is 0 Å². The van der Waals surface area contributed by atoms with Gasteiger partial charge in [-0.3, -0.25) is 0 Å². The molecule has 0 radical (unpaired) electrons. The molecule has 0 saturated carbocycles. The largest absolute Gasteiger partial charge is 0.491 e. The Kier molecular flexibility index (Phi) is 8.80. The molecule has 1 fully saturated rings. The molecule has 0 aromatic heterocycles. The van der Waals surface area contributed by atoms with E-state index in [-0.39, 0.29) is 12.9 Å². The molecule has 1 aromatic carbocycles. The van der Waals surface area contributed by atoms with Crippen LogP contribution >= 0.6 is 0 Å². The number of hydrogen-bond donors (Lipinski definition) is 1. The molecular formula is C17H26O6. The van der Waals surface area contributed by atoms with Crippen LogP contribution in [0.25, 0.3) is 0 Å². The van der Waals surface area contributed by atoms with Crippen molar-refractivity contribution in [1.29, 1.82) is 0 Å². The molecule has 0 amide bonds. The van der Waals surface area contributed by atoms with Gasteiger partial charge < -0.3 is 28.8 Å². The second-order valence-corrected chi connectivity index (χ2v) is 5.18. The lowest BCUT2D eigenvalue weighted by atomic mass is 10.2. The summed E-state index contributed by atoms with van der Waals surface area (Å²) in [6, 6.07) is 7.53. The molecule has 1 unspecified atom stereocenters. The Balaban J connectivity index is 1.55. The van der Waals surface area contributed by atoms with Gasteiger partial charge in [0.05, 0.1) is 39.6 Å². The first-order valence-electron chi connectivity index (χ1n) is 8.16. The van der Waals surface area contributed by atoms with Crippen molar-refractivity contribution in [3.8, 4) is 11.5 Å². The van der Waals surface area contributed by atoms with Crippen molar-refractivity contribution in [3.05, 3.63) is 24.3 Å². The predicted molar refractivity (Wildman–Crippen MR) is 84.9 cm³/mol. The number of aliphatic hydroxyl groups excluding tert-OH is 1. The molecule has 130 valence electrons. The van der Waals surface area contributed by atoms with E-state index < -0.39 is 0 Å². The fourth-order valence-electron chi connectivity index (χ4n) is 2.18. The van der Waals surface area contributed by atoms with Crippen LogP contribution in [0.15, 0.2) is 24.3 Å². The van der Waals surface area contributed by atoms with Gasteiger partial charge in [-0.05, 0) is 37.1 Å². The summed E-state index contributed by atoms with van der Waals surface area (Å²) in [5.74, 6) is 1.57. The molecule has 0 bridgehead atoms. The maximum atomic E-state index is 8.54. The zero-order valence-corrected chi connectivity index (χ0v) is 13.4.